The maximum atomic E-state index is 10.4. The number of likely N-dealkylation sites (tertiary alicyclic amines) is 1. The number of carbonyl (C=O) groups is 1. The van der Waals surface area contributed by atoms with E-state index < -0.39 is 5.97 Å². The van der Waals surface area contributed by atoms with Crippen molar-refractivity contribution in [3.63, 3.8) is 0 Å². The fourth-order valence-electron chi connectivity index (χ4n) is 2.76. The first-order chi connectivity index (χ1) is 9.13. The van der Waals surface area contributed by atoms with Crippen LogP contribution in [-0.4, -0.2) is 48.3 Å². The van der Waals surface area contributed by atoms with Crippen molar-refractivity contribution in [2.24, 2.45) is 5.41 Å². The number of carboxylic acids is 1. The van der Waals surface area contributed by atoms with Gasteiger partial charge in [0.1, 0.15) is 0 Å². The molecular weight excluding hydrogens is 244 g/mol. The van der Waals surface area contributed by atoms with Crippen molar-refractivity contribution in [2.45, 2.75) is 44.6 Å². The molecule has 1 saturated heterocycles. The Morgan fingerprint density at radius 3 is 2.63 bits per heavy atom. The first-order valence-corrected chi connectivity index (χ1v) is 7.06. The Bertz CT molecular complexity index is 352. The fraction of sp³-hybridized carbons (Fsp3) is 0.857. The molecule has 0 aromatic rings. The second-order valence-corrected chi connectivity index (χ2v) is 5.82. The molecule has 0 aromatic carbocycles. The van der Waals surface area contributed by atoms with Crippen LogP contribution in [0.5, 0.6) is 0 Å². The summed E-state index contributed by atoms with van der Waals surface area (Å²) in [5.41, 5.74) is 0.283. The molecule has 0 aromatic heterocycles. The van der Waals surface area contributed by atoms with Gasteiger partial charge in [0.25, 0.3) is 0 Å². The molecule has 2 fully saturated rings. The first kappa shape index (κ1) is 14.3. The number of ether oxygens (including phenoxy) is 1. The lowest BCUT2D eigenvalue weighted by Gasteiger charge is -2.33. The first-order valence-electron chi connectivity index (χ1n) is 7.06. The maximum absolute atomic E-state index is 10.4. The third-order valence-corrected chi connectivity index (χ3v) is 4.17. The highest BCUT2D eigenvalue weighted by Crippen LogP contribution is 2.49. The van der Waals surface area contributed by atoms with Gasteiger partial charge in [0.2, 0.25) is 0 Å². The van der Waals surface area contributed by atoms with Gasteiger partial charge in [-0.25, -0.2) is 0 Å². The van der Waals surface area contributed by atoms with E-state index in [0.29, 0.717) is 13.0 Å². The van der Waals surface area contributed by atoms with E-state index in [0.717, 1.165) is 32.5 Å². The lowest BCUT2D eigenvalue weighted by atomic mass is 10.00. The van der Waals surface area contributed by atoms with Crippen LogP contribution in [-0.2, 0) is 9.53 Å². The summed E-state index contributed by atoms with van der Waals surface area (Å²) in [4.78, 5) is 12.8. The van der Waals surface area contributed by atoms with Crippen LogP contribution in [0.1, 0.15) is 38.5 Å². The number of nitriles is 1. The summed E-state index contributed by atoms with van der Waals surface area (Å²) in [7, 11) is 0. The average molecular weight is 266 g/mol. The summed E-state index contributed by atoms with van der Waals surface area (Å²) in [5.74, 6) is -0.801. The van der Waals surface area contributed by atoms with Crippen molar-refractivity contribution >= 4 is 5.97 Å². The minimum absolute atomic E-state index is 0.0888. The largest absolute Gasteiger partial charge is 0.481 e. The molecule has 2 aliphatic rings. The number of rotatable bonds is 7. The van der Waals surface area contributed by atoms with E-state index in [9.17, 15) is 4.79 Å². The summed E-state index contributed by atoms with van der Waals surface area (Å²) < 4.78 is 5.58. The SMILES string of the molecule is N#CCC1(CN2CCC(OCCC(=O)O)CC2)CC1. The smallest absolute Gasteiger partial charge is 0.305 e. The molecule has 1 N–H and O–H groups in total. The van der Waals surface area contributed by atoms with E-state index in [1.54, 1.807) is 0 Å². The molecule has 106 valence electrons. The van der Waals surface area contributed by atoms with Crippen LogP contribution in [0.3, 0.4) is 0 Å². The summed E-state index contributed by atoms with van der Waals surface area (Å²) in [6, 6.07) is 2.30. The summed E-state index contributed by atoms with van der Waals surface area (Å²) in [6.07, 6.45) is 5.31. The molecule has 19 heavy (non-hydrogen) atoms. The molecule has 0 radical (unpaired) electrons. The molecule has 1 heterocycles. The lowest BCUT2D eigenvalue weighted by molar-refractivity contribution is -0.138. The molecule has 5 nitrogen and oxygen atoms in total. The molecule has 5 heteroatoms. The summed E-state index contributed by atoms with van der Waals surface area (Å²) in [6.45, 7) is 3.37. The van der Waals surface area contributed by atoms with Crippen molar-refractivity contribution in [3.05, 3.63) is 0 Å². The van der Waals surface area contributed by atoms with E-state index in [1.807, 2.05) is 0 Å². The molecule has 0 unspecified atom stereocenters. The standard InChI is InChI=1S/C14H22N2O3/c15-7-6-14(4-5-14)11-16-8-1-12(2-9-16)19-10-3-13(17)18/h12H,1-6,8-11H2,(H,17,18). The van der Waals surface area contributed by atoms with Gasteiger partial charge in [-0.1, -0.05) is 0 Å². The van der Waals surface area contributed by atoms with Crippen molar-refractivity contribution in [1.82, 2.24) is 4.90 Å². The van der Waals surface area contributed by atoms with Crippen molar-refractivity contribution < 1.29 is 14.6 Å². The van der Waals surface area contributed by atoms with Gasteiger partial charge < -0.3 is 14.7 Å². The molecule has 1 saturated carbocycles. The lowest BCUT2D eigenvalue weighted by Crippen LogP contribution is -2.40. The van der Waals surface area contributed by atoms with Gasteiger partial charge in [-0.3, -0.25) is 4.79 Å². The number of aliphatic carboxylic acids is 1. The predicted octanol–water partition coefficient (Wildman–Crippen LogP) is 1.64. The quantitative estimate of drug-likeness (QED) is 0.758. The zero-order chi connectivity index (χ0) is 13.7. The van der Waals surface area contributed by atoms with E-state index in [-0.39, 0.29) is 17.9 Å². The molecule has 2 rings (SSSR count). The van der Waals surface area contributed by atoms with Gasteiger partial charge in [0.05, 0.1) is 25.2 Å². The van der Waals surface area contributed by atoms with Crippen LogP contribution in [0.4, 0.5) is 0 Å². The molecule has 1 aliphatic heterocycles. The fourth-order valence-corrected chi connectivity index (χ4v) is 2.76. The molecule has 0 atom stereocenters. The number of hydrogen-bond acceptors (Lipinski definition) is 4. The van der Waals surface area contributed by atoms with Crippen LogP contribution in [0.25, 0.3) is 0 Å². The van der Waals surface area contributed by atoms with Crippen LogP contribution in [0.15, 0.2) is 0 Å². The Kier molecular flexibility index (Phi) is 4.78. The van der Waals surface area contributed by atoms with E-state index in [2.05, 4.69) is 11.0 Å². The number of hydrogen-bond donors (Lipinski definition) is 1. The van der Waals surface area contributed by atoms with Crippen LogP contribution in [0.2, 0.25) is 0 Å². The molecule has 1 aliphatic carbocycles. The summed E-state index contributed by atoms with van der Waals surface area (Å²) in [5, 5.41) is 17.4. The summed E-state index contributed by atoms with van der Waals surface area (Å²) >= 11 is 0. The number of nitrogens with zero attached hydrogens (tertiary/aromatic N) is 2. The Balaban J connectivity index is 1.63. The molecule has 0 bridgehead atoms. The second-order valence-electron chi connectivity index (χ2n) is 5.82. The van der Waals surface area contributed by atoms with E-state index in [1.165, 1.54) is 12.8 Å². The van der Waals surface area contributed by atoms with Crippen LogP contribution in [0, 0.1) is 16.7 Å². The minimum atomic E-state index is -0.801. The van der Waals surface area contributed by atoms with Crippen molar-refractivity contribution in [3.8, 4) is 6.07 Å². The predicted molar refractivity (Wildman–Crippen MR) is 69.6 cm³/mol. The minimum Gasteiger partial charge on any atom is -0.481 e. The highest BCUT2D eigenvalue weighted by atomic mass is 16.5. The van der Waals surface area contributed by atoms with Crippen molar-refractivity contribution in [2.75, 3.05) is 26.2 Å². The maximum Gasteiger partial charge on any atom is 0.305 e. The highest BCUT2D eigenvalue weighted by molar-refractivity contribution is 5.66. The third-order valence-electron chi connectivity index (χ3n) is 4.17. The van der Waals surface area contributed by atoms with Gasteiger partial charge in [-0.05, 0) is 31.1 Å². The monoisotopic (exact) mass is 266 g/mol. The van der Waals surface area contributed by atoms with Gasteiger partial charge in [-0.15, -0.1) is 0 Å². The zero-order valence-electron chi connectivity index (χ0n) is 11.3. The number of piperidine rings is 1. The van der Waals surface area contributed by atoms with E-state index in [4.69, 9.17) is 15.1 Å². The Hall–Kier alpha value is -1.12. The normalized spacial score (nSPS) is 22.9. The third kappa shape index (κ3) is 4.48. The van der Waals surface area contributed by atoms with Crippen LogP contribution < -0.4 is 0 Å². The van der Waals surface area contributed by atoms with Gasteiger partial charge in [-0.2, -0.15) is 5.26 Å². The Morgan fingerprint density at radius 2 is 2.11 bits per heavy atom. The van der Waals surface area contributed by atoms with E-state index >= 15 is 0 Å². The van der Waals surface area contributed by atoms with Crippen molar-refractivity contribution in [1.29, 1.82) is 5.26 Å². The average Bonchev–Trinajstić information content (AvgIpc) is 3.11. The van der Waals surface area contributed by atoms with Crippen LogP contribution >= 0.6 is 0 Å². The highest BCUT2D eigenvalue weighted by Gasteiger charge is 2.43. The molecule has 0 amide bonds. The topological polar surface area (TPSA) is 73.6 Å². The zero-order valence-corrected chi connectivity index (χ0v) is 11.3. The Labute approximate surface area is 114 Å². The van der Waals surface area contributed by atoms with Gasteiger partial charge in [0.15, 0.2) is 0 Å². The second kappa shape index (κ2) is 6.36. The van der Waals surface area contributed by atoms with Gasteiger partial charge in [0, 0.05) is 26.1 Å². The number of carboxylic acid groups (broad SMARTS) is 1. The Morgan fingerprint density at radius 1 is 1.42 bits per heavy atom. The molecular formula is C14H22N2O3. The van der Waals surface area contributed by atoms with Gasteiger partial charge >= 0.3 is 5.97 Å². The molecule has 0 spiro atoms.